The van der Waals surface area contributed by atoms with Crippen LogP contribution in [-0.2, 0) is 26.7 Å². The number of H-pyrrole nitrogens is 1. The number of carbonyl (C=O) groups is 1. The van der Waals surface area contributed by atoms with Crippen LogP contribution in [0.15, 0.2) is 41.3 Å². The molecular weight excluding hydrogens is 554 g/mol. The fourth-order valence-corrected chi connectivity index (χ4v) is 6.91. The van der Waals surface area contributed by atoms with Gasteiger partial charge in [0.1, 0.15) is 11.6 Å². The number of ether oxygens (including phenoxy) is 1. The van der Waals surface area contributed by atoms with Crippen LogP contribution in [0.5, 0.6) is 0 Å². The van der Waals surface area contributed by atoms with Crippen molar-refractivity contribution in [2.24, 2.45) is 0 Å². The van der Waals surface area contributed by atoms with Crippen molar-refractivity contribution in [2.75, 3.05) is 49.4 Å². The summed E-state index contributed by atoms with van der Waals surface area (Å²) < 4.78 is 61.3. The van der Waals surface area contributed by atoms with E-state index in [2.05, 4.69) is 20.8 Å². The fraction of sp³-hybridized carbons (Fsp3) is 0.429. The monoisotopic (exact) mass is 588 g/mol. The molecule has 1 saturated heterocycles. The van der Waals surface area contributed by atoms with Gasteiger partial charge < -0.3 is 20.3 Å². The number of hydrogen-bond acceptors (Lipinski definition) is 7. The molecule has 0 saturated carbocycles. The Morgan fingerprint density at radius 2 is 1.80 bits per heavy atom. The molecule has 2 aliphatic heterocycles. The predicted molar refractivity (Wildman–Crippen MR) is 152 cm³/mol. The number of amides is 1. The third-order valence-corrected chi connectivity index (χ3v) is 9.27. The molecule has 2 aromatic carbocycles. The van der Waals surface area contributed by atoms with Crippen molar-refractivity contribution in [3.8, 4) is 0 Å². The summed E-state index contributed by atoms with van der Waals surface area (Å²) in [6.45, 7) is 4.85. The van der Waals surface area contributed by atoms with E-state index in [9.17, 15) is 22.0 Å². The molecule has 3 N–H and O–H groups in total. The molecule has 0 spiro atoms. The van der Waals surface area contributed by atoms with E-state index in [-0.39, 0.29) is 24.9 Å². The molecule has 2 aliphatic rings. The highest BCUT2D eigenvalue weighted by molar-refractivity contribution is 7.89. The lowest BCUT2D eigenvalue weighted by atomic mass is 9.84. The maximum Gasteiger partial charge on any atom is 0.258 e. The molecule has 3 aromatic rings. The Morgan fingerprint density at radius 3 is 2.46 bits per heavy atom. The van der Waals surface area contributed by atoms with Crippen LogP contribution in [0.1, 0.15) is 48.3 Å². The van der Waals surface area contributed by atoms with Crippen molar-refractivity contribution in [3.63, 3.8) is 0 Å². The molecule has 1 fully saturated rings. The Labute approximate surface area is 238 Å². The second-order valence-corrected chi connectivity index (χ2v) is 13.2. The first kappa shape index (κ1) is 29.0. The number of nitrogens with one attached hydrogen (secondary N) is 3. The van der Waals surface area contributed by atoms with Crippen molar-refractivity contribution in [1.29, 1.82) is 0 Å². The minimum atomic E-state index is -4.26. The Morgan fingerprint density at radius 1 is 1.12 bits per heavy atom. The van der Waals surface area contributed by atoms with Crippen LogP contribution in [0.4, 0.5) is 26.0 Å². The molecule has 0 radical (unpaired) electrons. The molecule has 0 unspecified atom stereocenters. The number of sulfonamides is 1. The van der Waals surface area contributed by atoms with E-state index in [0.717, 1.165) is 35.0 Å². The Bertz CT molecular complexity index is 1550. The van der Waals surface area contributed by atoms with E-state index in [0.29, 0.717) is 41.8 Å². The maximum absolute atomic E-state index is 13.9. The van der Waals surface area contributed by atoms with Crippen molar-refractivity contribution < 1.29 is 26.7 Å². The molecule has 220 valence electrons. The van der Waals surface area contributed by atoms with Crippen LogP contribution in [0.25, 0.3) is 0 Å². The summed E-state index contributed by atoms with van der Waals surface area (Å²) in [7, 11) is -0.419. The Kier molecular flexibility index (Phi) is 7.79. The second kappa shape index (κ2) is 11.0. The molecule has 0 aliphatic carbocycles. The van der Waals surface area contributed by atoms with Gasteiger partial charge in [-0.3, -0.25) is 9.89 Å². The summed E-state index contributed by atoms with van der Waals surface area (Å²) in [5.74, 6) is -2.19. The maximum atomic E-state index is 13.9. The topological polar surface area (TPSA) is 120 Å². The highest BCUT2D eigenvalue weighted by atomic mass is 32.2. The van der Waals surface area contributed by atoms with E-state index < -0.39 is 37.9 Å². The summed E-state index contributed by atoms with van der Waals surface area (Å²) in [5.41, 5.74) is 2.43. The smallest absolute Gasteiger partial charge is 0.258 e. The van der Waals surface area contributed by atoms with E-state index in [1.165, 1.54) is 0 Å². The molecule has 10 nitrogen and oxygen atoms in total. The fourth-order valence-electron chi connectivity index (χ4n) is 5.30. The van der Waals surface area contributed by atoms with Crippen molar-refractivity contribution in [2.45, 2.75) is 49.6 Å². The zero-order chi connectivity index (χ0) is 29.5. The van der Waals surface area contributed by atoms with Gasteiger partial charge in [-0.1, -0.05) is 13.8 Å². The first-order chi connectivity index (χ1) is 19.3. The van der Waals surface area contributed by atoms with Gasteiger partial charge in [0.15, 0.2) is 5.82 Å². The third kappa shape index (κ3) is 5.92. The van der Waals surface area contributed by atoms with Gasteiger partial charge in [0, 0.05) is 80.6 Å². The summed E-state index contributed by atoms with van der Waals surface area (Å²) in [5, 5.41) is 13.6. The average molecular weight is 589 g/mol. The lowest BCUT2D eigenvalue weighted by molar-refractivity contribution is 0.0904. The lowest BCUT2D eigenvalue weighted by Crippen LogP contribution is -2.45. The number of aromatic amines is 1. The van der Waals surface area contributed by atoms with Gasteiger partial charge in [0.2, 0.25) is 10.0 Å². The van der Waals surface area contributed by atoms with Crippen LogP contribution in [0.2, 0.25) is 0 Å². The third-order valence-electron chi connectivity index (χ3n) is 7.50. The van der Waals surface area contributed by atoms with Crippen LogP contribution in [0.3, 0.4) is 0 Å². The summed E-state index contributed by atoms with van der Waals surface area (Å²) >= 11 is 0. The zero-order valence-electron chi connectivity index (χ0n) is 23.4. The lowest BCUT2D eigenvalue weighted by Gasteiger charge is -2.36. The molecule has 1 amide bonds. The standard InChI is InChI=1S/C28H34F2N6O4S/c1-28(2)16-36(41(38,39)21-12-17(29)11-18(30)13-21)15-23-25(28)33-34-26(23)32-27(37)22-6-5-20(35(3)4)14-24(22)31-19-7-9-40-10-8-19/h5-6,11-14,19,31H,7-10,15-16H2,1-4H3,(H2,32,33,34,37). The number of carbonyl (C=O) groups excluding carboxylic acids is 1. The summed E-state index contributed by atoms with van der Waals surface area (Å²) in [6, 6.07) is 7.87. The van der Waals surface area contributed by atoms with Gasteiger partial charge in [-0.15, -0.1) is 0 Å². The number of aromatic nitrogens is 2. The zero-order valence-corrected chi connectivity index (χ0v) is 24.2. The van der Waals surface area contributed by atoms with Gasteiger partial charge in [-0.25, -0.2) is 17.2 Å². The highest BCUT2D eigenvalue weighted by Crippen LogP contribution is 2.38. The number of halogens is 2. The molecular formula is C28H34F2N6O4S. The number of fused-ring (bicyclic) bond motifs is 1. The van der Waals surface area contributed by atoms with Crippen LogP contribution in [0, 0.1) is 11.6 Å². The van der Waals surface area contributed by atoms with Gasteiger partial charge >= 0.3 is 0 Å². The minimum absolute atomic E-state index is 0.0429. The van der Waals surface area contributed by atoms with Crippen LogP contribution < -0.4 is 15.5 Å². The van der Waals surface area contributed by atoms with Crippen molar-refractivity contribution >= 4 is 33.1 Å². The van der Waals surface area contributed by atoms with Crippen molar-refractivity contribution in [3.05, 3.63) is 64.9 Å². The van der Waals surface area contributed by atoms with Crippen molar-refractivity contribution in [1.82, 2.24) is 14.5 Å². The number of anilines is 3. The predicted octanol–water partition coefficient (Wildman–Crippen LogP) is 4.08. The molecule has 5 rings (SSSR count). The minimum Gasteiger partial charge on any atom is -0.381 e. The number of hydrogen-bond donors (Lipinski definition) is 3. The molecule has 0 atom stereocenters. The highest BCUT2D eigenvalue weighted by Gasteiger charge is 2.41. The Balaban J connectivity index is 1.44. The van der Waals surface area contributed by atoms with Gasteiger partial charge in [-0.2, -0.15) is 9.40 Å². The SMILES string of the molecule is CN(C)c1ccc(C(=O)Nc2n[nH]c3c2CN(S(=O)(=O)c2cc(F)cc(F)c2)CC3(C)C)c(NC2CCOCC2)c1. The first-order valence-corrected chi connectivity index (χ1v) is 14.8. The summed E-state index contributed by atoms with van der Waals surface area (Å²) in [4.78, 5) is 15.1. The van der Waals surface area contributed by atoms with Gasteiger partial charge in [-0.05, 0) is 43.2 Å². The normalized spacial score (nSPS) is 17.6. The molecule has 3 heterocycles. The van der Waals surface area contributed by atoms with E-state index in [1.54, 1.807) is 6.07 Å². The summed E-state index contributed by atoms with van der Waals surface area (Å²) in [6.07, 6.45) is 1.63. The number of benzene rings is 2. The largest absolute Gasteiger partial charge is 0.381 e. The quantitative estimate of drug-likeness (QED) is 0.381. The van der Waals surface area contributed by atoms with E-state index in [1.807, 2.05) is 45.0 Å². The van der Waals surface area contributed by atoms with Gasteiger partial charge in [0.25, 0.3) is 5.91 Å². The number of rotatable bonds is 7. The second-order valence-electron chi connectivity index (χ2n) is 11.3. The Hall–Kier alpha value is -3.55. The van der Waals surface area contributed by atoms with Crippen LogP contribution >= 0.6 is 0 Å². The molecule has 0 bridgehead atoms. The molecule has 1 aromatic heterocycles. The number of nitrogens with zero attached hydrogens (tertiary/aromatic N) is 3. The van der Waals surface area contributed by atoms with Gasteiger partial charge in [0.05, 0.1) is 10.5 Å². The van der Waals surface area contributed by atoms with E-state index in [4.69, 9.17) is 4.74 Å². The average Bonchev–Trinajstić information content (AvgIpc) is 3.32. The van der Waals surface area contributed by atoms with Crippen LogP contribution in [-0.4, -0.2) is 68.7 Å². The first-order valence-electron chi connectivity index (χ1n) is 13.4. The molecule has 41 heavy (non-hydrogen) atoms. The molecule has 13 heteroatoms. The van der Waals surface area contributed by atoms with E-state index >= 15 is 0 Å².